The molecule has 0 aromatic heterocycles. The molecule has 19 heavy (non-hydrogen) atoms. The van der Waals surface area contributed by atoms with E-state index in [1.165, 1.54) is 0 Å². The smallest absolute Gasteiger partial charge is 0.249 e. The van der Waals surface area contributed by atoms with E-state index in [1.54, 1.807) is 0 Å². The predicted octanol–water partition coefficient (Wildman–Crippen LogP) is 2.25. The number of hydrogen-bond donors (Lipinski definition) is 0. The highest BCUT2D eigenvalue weighted by atomic mass is 16.2. The molecule has 0 atom stereocenters. The molecule has 1 aromatic rings. The molecule has 1 aromatic carbocycles. The van der Waals surface area contributed by atoms with E-state index in [9.17, 15) is 4.79 Å². The van der Waals surface area contributed by atoms with Gasteiger partial charge >= 0.3 is 0 Å². The first-order chi connectivity index (χ1) is 9.20. The van der Waals surface area contributed by atoms with Gasteiger partial charge in [0.25, 0.3) is 0 Å². The van der Waals surface area contributed by atoms with Crippen molar-refractivity contribution in [2.75, 3.05) is 32.7 Å². The standard InChI is InChI=1S/C16H22N2O/c1-3-17-9-11-18(12-10-17)16(19)14(2)13-15-7-5-4-6-8-15/h4-8,13H,3,9-12H2,1-2H3. The highest BCUT2D eigenvalue weighted by molar-refractivity contribution is 5.97. The van der Waals surface area contributed by atoms with Crippen LogP contribution in [-0.4, -0.2) is 48.4 Å². The van der Waals surface area contributed by atoms with Crippen LogP contribution in [0.25, 0.3) is 6.08 Å². The zero-order valence-electron chi connectivity index (χ0n) is 11.8. The quantitative estimate of drug-likeness (QED) is 0.776. The summed E-state index contributed by atoms with van der Waals surface area (Å²) in [7, 11) is 0. The topological polar surface area (TPSA) is 23.6 Å². The van der Waals surface area contributed by atoms with Gasteiger partial charge in [-0.2, -0.15) is 0 Å². The van der Waals surface area contributed by atoms with Crippen LogP contribution in [0.3, 0.4) is 0 Å². The Morgan fingerprint density at radius 1 is 1.16 bits per heavy atom. The van der Waals surface area contributed by atoms with Crippen LogP contribution in [0.5, 0.6) is 0 Å². The minimum absolute atomic E-state index is 0.166. The van der Waals surface area contributed by atoms with E-state index >= 15 is 0 Å². The van der Waals surface area contributed by atoms with Gasteiger partial charge in [-0.05, 0) is 25.1 Å². The van der Waals surface area contributed by atoms with Crippen molar-refractivity contribution in [1.29, 1.82) is 0 Å². The molecule has 3 heteroatoms. The Bertz CT molecular complexity index is 445. The molecule has 0 spiro atoms. The molecular formula is C16H22N2O. The fourth-order valence-electron chi connectivity index (χ4n) is 2.38. The lowest BCUT2D eigenvalue weighted by Gasteiger charge is -2.34. The molecule has 1 heterocycles. The Balaban J connectivity index is 1.98. The van der Waals surface area contributed by atoms with Crippen molar-refractivity contribution in [3.05, 3.63) is 41.5 Å². The van der Waals surface area contributed by atoms with Crippen molar-refractivity contribution in [2.45, 2.75) is 13.8 Å². The minimum Gasteiger partial charge on any atom is -0.336 e. The fourth-order valence-corrected chi connectivity index (χ4v) is 2.38. The lowest BCUT2D eigenvalue weighted by atomic mass is 10.1. The third kappa shape index (κ3) is 3.67. The van der Waals surface area contributed by atoms with Gasteiger partial charge in [0.15, 0.2) is 0 Å². The van der Waals surface area contributed by atoms with Crippen molar-refractivity contribution in [2.24, 2.45) is 0 Å². The first kappa shape index (κ1) is 13.8. The van der Waals surface area contributed by atoms with Crippen LogP contribution in [0.4, 0.5) is 0 Å². The average molecular weight is 258 g/mol. The van der Waals surface area contributed by atoms with Crippen molar-refractivity contribution < 1.29 is 4.79 Å². The summed E-state index contributed by atoms with van der Waals surface area (Å²) in [6.07, 6.45) is 1.97. The largest absolute Gasteiger partial charge is 0.336 e. The molecule has 0 saturated carbocycles. The second-order valence-corrected chi connectivity index (χ2v) is 4.96. The molecule has 1 fully saturated rings. The minimum atomic E-state index is 0.166. The van der Waals surface area contributed by atoms with Crippen LogP contribution in [-0.2, 0) is 4.79 Å². The van der Waals surface area contributed by atoms with Gasteiger partial charge in [0.05, 0.1) is 0 Å². The molecule has 1 aliphatic rings. The summed E-state index contributed by atoms with van der Waals surface area (Å²) in [4.78, 5) is 16.7. The summed E-state index contributed by atoms with van der Waals surface area (Å²) in [6.45, 7) is 8.79. The maximum Gasteiger partial charge on any atom is 0.249 e. The van der Waals surface area contributed by atoms with E-state index in [4.69, 9.17) is 0 Å². The summed E-state index contributed by atoms with van der Waals surface area (Å²) < 4.78 is 0. The summed E-state index contributed by atoms with van der Waals surface area (Å²) in [5.41, 5.74) is 1.90. The number of carbonyl (C=O) groups excluding carboxylic acids is 1. The molecule has 1 amide bonds. The SMILES string of the molecule is CCN1CCN(C(=O)C(C)=Cc2ccccc2)CC1. The van der Waals surface area contributed by atoms with Crippen LogP contribution >= 0.6 is 0 Å². The molecule has 0 N–H and O–H groups in total. The number of nitrogens with zero attached hydrogens (tertiary/aromatic N) is 2. The van der Waals surface area contributed by atoms with E-state index in [0.29, 0.717) is 0 Å². The number of rotatable bonds is 3. The van der Waals surface area contributed by atoms with Gasteiger partial charge in [0.1, 0.15) is 0 Å². The highest BCUT2D eigenvalue weighted by Gasteiger charge is 2.20. The maximum atomic E-state index is 12.3. The Morgan fingerprint density at radius 3 is 2.37 bits per heavy atom. The van der Waals surface area contributed by atoms with Crippen molar-refractivity contribution in [3.63, 3.8) is 0 Å². The van der Waals surface area contributed by atoms with Gasteiger partial charge in [0, 0.05) is 31.8 Å². The lowest BCUT2D eigenvalue weighted by molar-refractivity contribution is -0.128. The number of likely N-dealkylation sites (N-methyl/N-ethyl adjacent to an activating group) is 1. The van der Waals surface area contributed by atoms with Gasteiger partial charge in [-0.3, -0.25) is 4.79 Å². The Morgan fingerprint density at radius 2 is 1.79 bits per heavy atom. The molecule has 102 valence electrons. The molecule has 0 aliphatic carbocycles. The van der Waals surface area contributed by atoms with Crippen molar-refractivity contribution in [3.8, 4) is 0 Å². The van der Waals surface area contributed by atoms with Gasteiger partial charge in [-0.15, -0.1) is 0 Å². The highest BCUT2D eigenvalue weighted by Crippen LogP contribution is 2.11. The lowest BCUT2D eigenvalue weighted by Crippen LogP contribution is -2.48. The zero-order chi connectivity index (χ0) is 13.7. The first-order valence-corrected chi connectivity index (χ1v) is 6.95. The molecule has 1 aliphatic heterocycles. The summed E-state index contributed by atoms with van der Waals surface area (Å²) in [6, 6.07) is 10.0. The fraction of sp³-hybridized carbons (Fsp3) is 0.438. The Hall–Kier alpha value is -1.61. The van der Waals surface area contributed by atoms with Crippen LogP contribution in [0, 0.1) is 0 Å². The summed E-state index contributed by atoms with van der Waals surface area (Å²) in [5, 5.41) is 0. The van der Waals surface area contributed by atoms with E-state index in [0.717, 1.165) is 43.9 Å². The zero-order valence-corrected chi connectivity index (χ0v) is 11.8. The van der Waals surface area contributed by atoms with E-state index < -0.39 is 0 Å². The number of amides is 1. The van der Waals surface area contributed by atoms with Crippen LogP contribution in [0.2, 0.25) is 0 Å². The van der Waals surface area contributed by atoms with Gasteiger partial charge in [-0.25, -0.2) is 0 Å². The Kier molecular flexibility index (Phi) is 4.74. The third-order valence-electron chi connectivity index (χ3n) is 3.63. The average Bonchev–Trinajstić information content (AvgIpc) is 2.47. The van der Waals surface area contributed by atoms with Crippen LogP contribution in [0.15, 0.2) is 35.9 Å². The first-order valence-electron chi connectivity index (χ1n) is 6.95. The monoisotopic (exact) mass is 258 g/mol. The molecule has 0 bridgehead atoms. The molecular weight excluding hydrogens is 236 g/mol. The summed E-state index contributed by atoms with van der Waals surface area (Å²) >= 11 is 0. The second-order valence-electron chi connectivity index (χ2n) is 4.96. The molecule has 0 unspecified atom stereocenters. The molecule has 2 rings (SSSR count). The van der Waals surface area contributed by atoms with Crippen molar-refractivity contribution >= 4 is 12.0 Å². The van der Waals surface area contributed by atoms with Gasteiger partial charge < -0.3 is 9.80 Å². The number of piperazine rings is 1. The van der Waals surface area contributed by atoms with Gasteiger partial charge in [0.2, 0.25) is 5.91 Å². The normalized spacial score (nSPS) is 17.6. The van der Waals surface area contributed by atoms with Crippen LogP contribution in [0.1, 0.15) is 19.4 Å². The van der Waals surface area contributed by atoms with Crippen molar-refractivity contribution in [1.82, 2.24) is 9.80 Å². The molecule has 1 saturated heterocycles. The van der Waals surface area contributed by atoms with E-state index in [1.807, 2.05) is 48.2 Å². The predicted molar refractivity (Wildman–Crippen MR) is 78.8 cm³/mol. The second kappa shape index (κ2) is 6.53. The molecule has 3 nitrogen and oxygen atoms in total. The maximum absolute atomic E-state index is 12.3. The van der Waals surface area contributed by atoms with E-state index in [2.05, 4.69) is 11.8 Å². The molecule has 0 radical (unpaired) electrons. The van der Waals surface area contributed by atoms with E-state index in [-0.39, 0.29) is 5.91 Å². The third-order valence-corrected chi connectivity index (χ3v) is 3.63. The number of hydrogen-bond acceptors (Lipinski definition) is 2. The van der Waals surface area contributed by atoms with Crippen LogP contribution < -0.4 is 0 Å². The van der Waals surface area contributed by atoms with Gasteiger partial charge in [-0.1, -0.05) is 37.3 Å². The Labute approximate surface area is 115 Å². The number of benzene rings is 1. The summed E-state index contributed by atoms with van der Waals surface area (Å²) in [5.74, 6) is 0.166. The number of carbonyl (C=O) groups is 1.